The number of carbonyl (C=O) groups is 2. The van der Waals surface area contributed by atoms with Gasteiger partial charge in [0.1, 0.15) is 0 Å². The Morgan fingerprint density at radius 2 is 1.72 bits per heavy atom. The number of carbonyl (C=O) groups excluding carboxylic acids is 2. The van der Waals surface area contributed by atoms with E-state index in [2.05, 4.69) is 5.32 Å². The quantitative estimate of drug-likeness (QED) is 0.663. The predicted octanol–water partition coefficient (Wildman–Crippen LogP) is 4.73. The van der Waals surface area contributed by atoms with E-state index in [0.29, 0.717) is 43.3 Å². The molecular weight excluding hydrogens is 466 g/mol. The van der Waals surface area contributed by atoms with Gasteiger partial charge in [-0.2, -0.15) is 13.2 Å². The predicted molar refractivity (Wildman–Crippen MR) is 118 cm³/mol. The molecule has 32 heavy (non-hydrogen) atoms. The van der Waals surface area contributed by atoms with Gasteiger partial charge in [0.05, 0.1) is 29.2 Å². The summed E-state index contributed by atoms with van der Waals surface area (Å²) < 4.78 is 38.9. The van der Waals surface area contributed by atoms with Crippen molar-refractivity contribution in [3.8, 4) is 0 Å². The molecule has 1 aliphatic heterocycles. The third kappa shape index (κ3) is 6.60. The summed E-state index contributed by atoms with van der Waals surface area (Å²) in [6, 6.07) is 9.91. The van der Waals surface area contributed by atoms with Crippen molar-refractivity contribution in [2.24, 2.45) is 0 Å². The lowest BCUT2D eigenvalue weighted by Gasteiger charge is -2.22. The molecule has 0 unspecified atom stereocenters. The van der Waals surface area contributed by atoms with Crippen LogP contribution >= 0.6 is 23.2 Å². The Hall–Kier alpha value is -2.29. The maximum absolute atomic E-state index is 13.0. The van der Waals surface area contributed by atoms with Gasteiger partial charge in [0.15, 0.2) is 0 Å². The van der Waals surface area contributed by atoms with Crippen LogP contribution in [-0.2, 0) is 22.2 Å². The average molecular weight is 488 g/mol. The lowest BCUT2D eigenvalue weighted by atomic mass is 10.1. The molecule has 1 heterocycles. The summed E-state index contributed by atoms with van der Waals surface area (Å²) in [4.78, 5) is 28.6. The highest BCUT2D eigenvalue weighted by molar-refractivity contribution is 6.33. The van der Waals surface area contributed by atoms with Gasteiger partial charge in [0.25, 0.3) is 0 Å². The zero-order valence-electron chi connectivity index (χ0n) is 17.1. The van der Waals surface area contributed by atoms with Crippen LogP contribution in [-0.4, -0.2) is 54.3 Å². The first-order chi connectivity index (χ1) is 15.1. The highest BCUT2D eigenvalue weighted by Gasteiger charge is 2.31. The van der Waals surface area contributed by atoms with Gasteiger partial charge >= 0.3 is 6.18 Å². The molecule has 2 aromatic carbocycles. The number of hydrogen-bond acceptors (Lipinski definition) is 3. The zero-order valence-corrected chi connectivity index (χ0v) is 18.6. The number of alkyl halides is 3. The van der Waals surface area contributed by atoms with Crippen LogP contribution in [0, 0.1) is 0 Å². The van der Waals surface area contributed by atoms with Crippen molar-refractivity contribution in [3.63, 3.8) is 0 Å². The minimum Gasteiger partial charge on any atom is -0.341 e. The van der Waals surface area contributed by atoms with Gasteiger partial charge in [-0.3, -0.25) is 14.5 Å². The molecule has 2 aromatic rings. The first-order valence-corrected chi connectivity index (χ1v) is 10.8. The molecule has 0 saturated carbocycles. The van der Waals surface area contributed by atoms with Crippen molar-refractivity contribution < 1.29 is 22.8 Å². The lowest BCUT2D eigenvalue weighted by Crippen LogP contribution is -2.38. The SMILES string of the molecule is O=C(CN1CCCN(C(=O)Cc2cc(C(F)(F)F)ccc2Cl)CC1)Nc1ccccc1Cl. The fraction of sp³-hybridized carbons (Fsp3) is 0.364. The van der Waals surface area contributed by atoms with E-state index in [4.69, 9.17) is 23.2 Å². The first-order valence-electron chi connectivity index (χ1n) is 10.0. The molecule has 1 saturated heterocycles. The molecule has 1 aliphatic rings. The topological polar surface area (TPSA) is 52.7 Å². The monoisotopic (exact) mass is 487 g/mol. The van der Waals surface area contributed by atoms with Crippen molar-refractivity contribution in [3.05, 3.63) is 63.6 Å². The van der Waals surface area contributed by atoms with Crippen molar-refractivity contribution in [1.29, 1.82) is 0 Å². The number of hydrogen-bond donors (Lipinski definition) is 1. The third-order valence-electron chi connectivity index (χ3n) is 5.17. The maximum atomic E-state index is 13.0. The molecule has 3 rings (SSSR count). The molecule has 1 fully saturated rings. The normalized spacial score (nSPS) is 15.3. The van der Waals surface area contributed by atoms with E-state index in [-0.39, 0.29) is 35.4 Å². The second kappa shape index (κ2) is 10.6. The minimum atomic E-state index is -4.50. The van der Waals surface area contributed by atoms with Crippen LogP contribution in [0.3, 0.4) is 0 Å². The van der Waals surface area contributed by atoms with Crippen molar-refractivity contribution in [2.75, 3.05) is 38.0 Å². The van der Waals surface area contributed by atoms with E-state index in [1.807, 2.05) is 4.90 Å². The maximum Gasteiger partial charge on any atom is 0.416 e. The zero-order chi connectivity index (χ0) is 23.3. The minimum absolute atomic E-state index is 0.124. The standard InChI is InChI=1S/C22H22Cl2F3N3O2/c23-17-7-6-16(22(25,26)27)12-15(17)13-21(32)30-9-3-8-29(10-11-30)14-20(31)28-19-5-2-1-4-18(19)24/h1-2,4-7,12H,3,8-11,13-14H2,(H,28,31). The Morgan fingerprint density at radius 3 is 2.44 bits per heavy atom. The van der Waals surface area contributed by atoms with Crippen molar-refractivity contribution in [2.45, 2.75) is 19.0 Å². The highest BCUT2D eigenvalue weighted by Crippen LogP contribution is 2.32. The number of amides is 2. The molecular formula is C22H22Cl2F3N3O2. The van der Waals surface area contributed by atoms with Crippen LogP contribution in [0.5, 0.6) is 0 Å². The molecule has 0 bridgehead atoms. The summed E-state index contributed by atoms with van der Waals surface area (Å²) in [6.45, 7) is 2.06. The molecule has 0 aromatic heterocycles. The number of nitrogens with zero attached hydrogens (tertiary/aromatic N) is 2. The van der Waals surface area contributed by atoms with Gasteiger partial charge < -0.3 is 10.2 Å². The van der Waals surface area contributed by atoms with Crippen molar-refractivity contribution in [1.82, 2.24) is 9.80 Å². The fourth-order valence-corrected chi connectivity index (χ4v) is 3.86. The number of para-hydroxylation sites is 1. The van der Waals surface area contributed by atoms with Crippen LogP contribution in [0.4, 0.5) is 18.9 Å². The summed E-state index contributed by atoms with van der Waals surface area (Å²) in [6.07, 6.45) is -4.08. The number of nitrogens with one attached hydrogen (secondary N) is 1. The van der Waals surface area contributed by atoms with E-state index in [1.54, 1.807) is 29.2 Å². The Labute approximate surface area is 194 Å². The Balaban J connectivity index is 1.55. The smallest absolute Gasteiger partial charge is 0.341 e. The molecule has 1 N–H and O–H groups in total. The molecule has 0 aliphatic carbocycles. The van der Waals surface area contributed by atoms with Gasteiger partial charge in [-0.25, -0.2) is 0 Å². The summed E-state index contributed by atoms with van der Waals surface area (Å²) in [7, 11) is 0. The van der Waals surface area contributed by atoms with Gasteiger partial charge in [0.2, 0.25) is 11.8 Å². The van der Waals surface area contributed by atoms with Gasteiger partial charge in [-0.15, -0.1) is 0 Å². The van der Waals surface area contributed by atoms with Crippen LogP contribution in [0.25, 0.3) is 0 Å². The second-order valence-corrected chi connectivity index (χ2v) is 8.33. The highest BCUT2D eigenvalue weighted by atomic mass is 35.5. The van der Waals surface area contributed by atoms with Gasteiger partial charge in [-0.05, 0) is 42.3 Å². The van der Waals surface area contributed by atoms with E-state index in [9.17, 15) is 22.8 Å². The van der Waals surface area contributed by atoms with Crippen LogP contribution in [0.15, 0.2) is 42.5 Å². The average Bonchev–Trinajstić information content (AvgIpc) is 2.96. The molecule has 10 heteroatoms. The Morgan fingerprint density at radius 1 is 0.969 bits per heavy atom. The molecule has 2 amide bonds. The number of benzene rings is 2. The van der Waals surface area contributed by atoms with Gasteiger partial charge in [0, 0.05) is 31.2 Å². The number of halogens is 5. The van der Waals surface area contributed by atoms with E-state index >= 15 is 0 Å². The fourth-order valence-electron chi connectivity index (χ4n) is 3.50. The van der Waals surface area contributed by atoms with Crippen molar-refractivity contribution >= 4 is 40.7 Å². The molecule has 0 radical (unpaired) electrons. The molecule has 0 spiro atoms. The third-order valence-corrected chi connectivity index (χ3v) is 5.87. The second-order valence-electron chi connectivity index (χ2n) is 7.52. The van der Waals surface area contributed by atoms with E-state index < -0.39 is 11.7 Å². The number of rotatable bonds is 5. The Kier molecular flexibility index (Phi) is 8.03. The lowest BCUT2D eigenvalue weighted by molar-refractivity contribution is -0.138. The Bertz CT molecular complexity index is 985. The molecule has 5 nitrogen and oxygen atoms in total. The summed E-state index contributed by atoms with van der Waals surface area (Å²) in [5.41, 5.74) is -0.160. The largest absolute Gasteiger partial charge is 0.416 e. The van der Waals surface area contributed by atoms with Crippen LogP contribution < -0.4 is 5.32 Å². The van der Waals surface area contributed by atoms with Crippen LogP contribution in [0.1, 0.15) is 17.5 Å². The summed E-state index contributed by atoms with van der Waals surface area (Å²) >= 11 is 12.1. The molecule has 172 valence electrons. The molecule has 0 atom stereocenters. The van der Waals surface area contributed by atoms with Crippen LogP contribution in [0.2, 0.25) is 10.0 Å². The summed E-state index contributed by atoms with van der Waals surface area (Å²) in [5, 5.41) is 3.34. The number of anilines is 1. The first kappa shape index (κ1) is 24.4. The van der Waals surface area contributed by atoms with E-state index in [1.165, 1.54) is 0 Å². The summed E-state index contributed by atoms with van der Waals surface area (Å²) in [5.74, 6) is -0.512. The van der Waals surface area contributed by atoms with E-state index in [0.717, 1.165) is 18.2 Å². The van der Waals surface area contributed by atoms with Gasteiger partial charge in [-0.1, -0.05) is 35.3 Å².